The summed E-state index contributed by atoms with van der Waals surface area (Å²) in [6.07, 6.45) is 0.129. The zero-order chi connectivity index (χ0) is 20.3. The summed E-state index contributed by atoms with van der Waals surface area (Å²) in [6, 6.07) is 2.15. The first-order valence-electron chi connectivity index (χ1n) is 9.74. The third-order valence-electron chi connectivity index (χ3n) is 6.22. The molecule has 154 valence electrons. The predicted molar refractivity (Wildman–Crippen MR) is 103 cm³/mol. The van der Waals surface area contributed by atoms with Crippen molar-refractivity contribution < 1.29 is 18.3 Å². The van der Waals surface area contributed by atoms with Crippen LogP contribution in [0.5, 0.6) is 0 Å². The van der Waals surface area contributed by atoms with E-state index in [1.807, 2.05) is 6.92 Å². The van der Waals surface area contributed by atoms with Crippen molar-refractivity contribution >= 4 is 21.6 Å². The lowest BCUT2D eigenvalue weighted by Gasteiger charge is -2.46. The molecule has 4 rings (SSSR count). The molecule has 2 fully saturated rings. The Balaban J connectivity index is 1.54. The molecule has 0 bridgehead atoms. The first kappa shape index (κ1) is 20.0. The lowest BCUT2D eigenvalue weighted by Crippen LogP contribution is -2.68. The monoisotopic (exact) mass is 413 g/mol. The third-order valence-corrected chi connectivity index (χ3v) is 7.41. The summed E-state index contributed by atoms with van der Waals surface area (Å²) >= 11 is 1.69. The van der Waals surface area contributed by atoms with E-state index in [9.17, 15) is 18.3 Å². The number of rotatable bonds is 3. The molecule has 1 saturated carbocycles. The van der Waals surface area contributed by atoms with Crippen LogP contribution in [-0.4, -0.2) is 44.8 Å². The van der Waals surface area contributed by atoms with Gasteiger partial charge in [0.1, 0.15) is 10.7 Å². The van der Waals surface area contributed by atoms with E-state index >= 15 is 0 Å². The number of hydrogen-bond acceptors (Lipinski definition) is 5. The Labute approximate surface area is 166 Å². The number of fused-ring (bicyclic) bond motifs is 1. The SMILES string of the molecule is Cc1nc(CN2CC(O)(C(F)(F)F)C2)c2cc(C3CCC(C)(C)CC3)sc2n1. The van der Waals surface area contributed by atoms with Gasteiger partial charge in [-0.15, -0.1) is 11.3 Å². The molecule has 1 saturated heterocycles. The predicted octanol–water partition coefficient (Wildman–Crippen LogP) is 4.79. The second-order valence-corrected chi connectivity index (χ2v) is 10.3. The number of β-amino-alcohol motifs (C(OH)–C–C–N with tert-alkyl or cyclic N) is 1. The molecule has 28 heavy (non-hydrogen) atoms. The van der Waals surface area contributed by atoms with Crippen LogP contribution < -0.4 is 0 Å². The molecule has 0 amide bonds. The molecule has 8 heteroatoms. The van der Waals surface area contributed by atoms with Crippen molar-refractivity contribution in [2.24, 2.45) is 5.41 Å². The van der Waals surface area contributed by atoms with Crippen LogP contribution in [0.3, 0.4) is 0 Å². The summed E-state index contributed by atoms with van der Waals surface area (Å²) in [6.45, 7) is 5.93. The second kappa shape index (κ2) is 6.64. The highest BCUT2D eigenvalue weighted by molar-refractivity contribution is 7.18. The summed E-state index contributed by atoms with van der Waals surface area (Å²) in [5.41, 5.74) is -1.44. The molecular weight excluding hydrogens is 387 g/mol. The van der Waals surface area contributed by atoms with Crippen LogP contribution in [0.15, 0.2) is 6.07 Å². The number of aromatic nitrogens is 2. The highest BCUT2D eigenvalue weighted by Gasteiger charge is 2.60. The zero-order valence-electron chi connectivity index (χ0n) is 16.4. The Morgan fingerprint density at radius 1 is 1.21 bits per heavy atom. The van der Waals surface area contributed by atoms with Crippen LogP contribution in [0.4, 0.5) is 13.2 Å². The molecule has 0 aromatic carbocycles. The normalized spacial score (nSPS) is 23.1. The maximum absolute atomic E-state index is 12.9. The minimum Gasteiger partial charge on any atom is -0.378 e. The zero-order valence-corrected chi connectivity index (χ0v) is 17.3. The quantitative estimate of drug-likeness (QED) is 0.786. The lowest BCUT2D eigenvalue weighted by molar-refractivity contribution is -0.302. The molecule has 1 aliphatic carbocycles. The Kier molecular flexibility index (Phi) is 4.75. The van der Waals surface area contributed by atoms with Crippen molar-refractivity contribution in [3.63, 3.8) is 0 Å². The Morgan fingerprint density at radius 3 is 2.46 bits per heavy atom. The molecule has 1 N–H and O–H groups in total. The summed E-state index contributed by atoms with van der Waals surface area (Å²) in [5.74, 6) is 1.16. The van der Waals surface area contributed by atoms with Crippen LogP contribution in [0.1, 0.15) is 61.8 Å². The number of halogens is 3. The van der Waals surface area contributed by atoms with Gasteiger partial charge in [0.05, 0.1) is 5.69 Å². The Morgan fingerprint density at radius 2 is 1.86 bits per heavy atom. The van der Waals surface area contributed by atoms with E-state index in [0.717, 1.165) is 28.8 Å². The molecule has 0 radical (unpaired) electrons. The van der Waals surface area contributed by atoms with Gasteiger partial charge in [0.15, 0.2) is 5.60 Å². The van der Waals surface area contributed by atoms with Gasteiger partial charge in [-0.3, -0.25) is 4.90 Å². The summed E-state index contributed by atoms with van der Waals surface area (Å²) < 4.78 is 38.6. The van der Waals surface area contributed by atoms with Gasteiger partial charge in [0, 0.05) is 29.9 Å². The largest absolute Gasteiger partial charge is 0.419 e. The number of likely N-dealkylation sites (tertiary alicyclic amines) is 1. The van der Waals surface area contributed by atoms with E-state index in [2.05, 4.69) is 29.9 Å². The van der Waals surface area contributed by atoms with E-state index in [1.165, 1.54) is 17.7 Å². The number of nitrogens with zero attached hydrogens (tertiary/aromatic N) is 3. The minimum atomic E-state index is -4.59. The van der Waals surface area contributed by atoms with Crippen molar-refractivity contribution in [1.82, 2.24) is 14.9 Å². The minimum absolute atomic E-state index is 0.298. The molecule has 1 aliphatic heterocycles. The van der Waals surface area contributed by atoms with Crippen molar-refractivity contribution in [2.75, 3.05) is 13.1 Å². The number of thiophene rings is 1. The highest BCUT2D eigenvalue weighted by Crippen LogP contribution is 2.45. The maximum atomic E-state index is 12.9. The van der Waals surface area contributed by atoms with E-state index in [-0.39, 0.29) is 0 Å². The van der Waals surface area contributed by atoms with E-state index in [1.54, 1.807) is 16.2 Å². The molecule has 3 heterocycles. The molecule has 4 nitrogen and oxygen atoms in total. The molecule has 2 aromatic heterocycles. The van der Waals surface area contributed by atoms with Gasteiger partial charge in [-0.25, -0.2) is 9.97 Å². The van der Waals surface area contributed by atoms with Gasteiger partial charge >= 0.3 is 6.18 Å². The fourth-order valence-electron chi connectivity index (χ4n) is 4.32. The van der Waals surface area contributed by atoms with E-state index in [4.69, 9.17) is 0 Å². The van der Waals surface area contributed by atoms with Crippen molar-refractivity contribution in [3.05, 3.63) is 22.5 Å². The number of aryl methyl sites for hydroxylation is 1. The third kappa shape index (κ3) is 3.66. The van der Waals surface area contributed by atoms with Gasteiger partial charge in [0.25, 0.3) is 0 Å². The van der Waals surface area contributed by atoms with E-state index in [0.29, 0.717) is 23.7 Å². The van der Waals surface area contributed by atoms with Gasteiger partial charge < -0.3 is 5.11 Å². The van der Waals surface area contributed by atoms with Gasteiger partial charge in [0.2, 0.25) is 0 Å². The summed E-state index contributed by atoms with van der Waals surface area (Å²) in [5, 5.41) is 10.6. The molecule has 2 aromatic rings. The van der Waals surface area contributed by atoms with Gasteiger partial charge in [-0.05, 0) is 50.0 Å². The lowest BCUT2D eigenvalue weighted by atomic mass is 9.73. The van der Waals surface area contributed by atoms with Crippen LogP contribution in [0.25, 0.3) is 10.2 Å². The standard InChI is InChI=1S/C20H26F3N3OS/c1-12-24-15(9-26-10-19(27,11-26)20(21,22)23)14-8-16(28-17(14)25-12)13-4-6-18(2,3)7-5-13/h8,13,27H,4-7,9-11H2,1-3H3. The molecule has 0 unspecified atom stereocenters. The molecule has 0 atom stereocenters. The van der Waals surface area contributed by atoms with Crippen LogP contribution in [0.2, 0.25) is 0 Å². The second-order valence-electron chi connectivity index (χ2n) is 9.20. The van der Waals surface area contributed by atoms with Crippen LogP contribution >= 0.6 is 11.3 Å². The fraction of sp³-hybridized carbons (Fsp3) is 0.700. The highest BCUT2D eigenvalue weighted by atomic mass is 32.1. The number of aliphatic hydroxyl groups is 1. The Hall–Kier alpha value is -1.25. The average molecular weight is 414 g/mol. The average Bonchev–Trinajstić information content (AvgIpc) is 2.96. The maximum Gasteiger partial charge on any atom is 0.419 e. The van der Waals surface area contributed by atoms with Crippen LogP contribution in [-0.2, 0) is 6.54 Å². The van der Waals surface area contributed by atoms with Crippen molar-refractivity contribution in [2.45, 2.75) is 70.7 Å². The van der Waals surface area contributed by atoms with Gasteiger partial charge in [-0.2, -0.15) is 13.2 Å². The molecule has 0 spiro atoms. The van der Waals surface area contributed by atoms with Crippen molar-refractivity contribution in [3.8, 4) is 0 Å². The number of hydrogen-bond donors (Lipinski definition) is 1. The summed E-state index contributed by atoms with van der Waals surface area (Å²) in [4.78, 5) is 12.9. The van der Waals surface area contributed by atoms with Crippen molar-refractivity contribution in [1.29, 1.82) is 0 Å². The molecule has 2 aliphatic rings. The number of alkyl halides is 3. The Bertz CT molecular complexity index is 877. The molecular formula is C20H26F3N3OS. The van der Waals surface area contributed by atoms with Gasteiger partial charge in [-0.1, -0.05) is 13.8 Å². The fourth-order valence-corrected chi connectivity index (χ4v) is 5.59. The topological polar surface area (TPSA) is 49.2 Å². The smallest absolute Gasteiger partial charge is 0.378 e. The summed E-state index contributed by atoms with van der Waals surface area (Å²) in [7, 11) is 0. The van der Waals surface area contributed by atoms with Crippen LogP contribution in [0, 0.1) is 12.3 Å². The first-order valence-corrected chi connectivity index (χ1v) is 10.6. The first-order chi connectivity index (χ1) is 13.0. The van der Waals surface area contributed by atoms with E-state index < -0.39 is 24.9 Å².